The Balaban J connectivity index is 0.000000694. The Morgan fingerprint density at radius 3 is 2.06 bits per heavy atom. The summed E-state index contributed by atoms with van der Waals surface area (Å²) in [6, 6.07) is 5.78. The number of hydrogen-bond acceptors (Lipinski definition) is 9. The number of aromatic nitrogens is 1. The van der Waals surface area contributed by atoms with Crippen LogP contribution in [0.4, 0.5) is 9.59 Å². The van der Waals surface area contributed by atoms with Crippen LogP contribution in [0.2, 0.25) is 0 Å². The van der Waals surface area contributed by atoms with E-state index in [0.29, 0.717) is 32.7 Å². The molecule has 1 aliphatic heterocycles. The van der Waals surface area contributed by atoms with Crippen LogP contribution in [0.15, 0.2) is 46.2 Å². The Hall–Kier alpha value is -2.74. The average molecular weight is 754 g/mol. The third-order valence-corrected chi connectivity index (χ3v) is 10.4. The first-order valence-corrected chi connectivity index (χ1v) is 21.3. The fraction of sp³-hybridized carbons (Fsp3) is 0.711. The van der Waals surface area contributed by atoms with Gasteiger partial charge in [-0.3, -0.25) is 0 Å². The van der Waals surface area contributed by atoms with E-state index in [-0.39, 0.29) is 35.7 Å². The number of alkyl carbamates (subject to hydrolysis) is 1. The Morgan fingerprint density at radius 1 is 0.922 bits per heavy atom. The third kappa shape index (κ3) is 22.1. The minimum Gasteiger partial charge on any atom is -0.744 e. The van der Waals surface area contributed by atoms with Gasteiger partial charge in [-0.2, -0.15) is 4.57 Å². The minimum atomic E-state index is -4.27. The molecule has 2 amide bonds. The van der Waals surface area contributed by atoms with Gasteiger partial charge < -0.3 is 29.0 Å². The molecule has 1 aromatic heterocycles. The third-order valence-electron chi connectivity index (χ3n) is 8.90. The van der Waals surface area contributed by atoms with E-state index < -0.39 is 10.1 Å². The number of hydrogen-bond donors (Lipinski definition) is 1. The molecule has 0 radical (unpaired) electrons. The Labute approximate surface area is 311 Å². The second kappa shape index (κ2) is 26.9. The highest BCUT2D eigenvalue weighted by Crippen LogP contribution is 2.20. The number of aryl methyl sites for hydroxylation is 1. The highest BCUT2D eigenvalue weighted by Gasteiger charge is 2.28. The predicted molar refractivity (Wildman–Crippen MR) is 200 cm³/mol. The molecule has 2 atom stereocenters. The zero-order chi connectivity index (χ0) is 37.2. The number of carbonyl (C=O) groups excluding carboxylic acids is 2. The number of rotatable bonds is 24. The molecule has 1 saturated heterocycles. The van der Waals surface area contributed by atoms with Gasteiger partial charge in [-0.15, -0.1) is 0 Å². The quantitative estimate of drug-likeness (QED) is 0.0647. The number of thiazole rings is 1. The number of unbranched alkanes of at least 4 members (excludes halogenated alkanes) is 14. The molecule has 11 nitrogen and oxygen atoms in total. The molecule has 2 unspecified atom stereocenters. The lowest BCUT2D eigenvalue weighted by Crippen LogP contribution is -2.40. The van der Waals surface area contributed by atoms with E-state index in [1.54, 1.807) is 35.4 Å². The second-order valence-corrected chi connectivity index (χ2v) is 15.7. The summed E-state index contributed by atoms with van der Waals surface area (Å²) in [5.41, 5.74) is 2.94. The topological polar surface area (TPSA) is 138 Å². The van der Waals surface area contributed by atoms with Crippen LogP contribution in [-0.2, 0) is 30.9 Å². The molecule has 2 aromatic rings. The number of likely N-dealkylation sites (N-methyl/N-ethyl adjacent to an activating group) is 1. The lowest BCUT2D eigenvalue weighted by Gasteiger charge is -2.17. The van der Waals surface area contributed by atoms with Gasteiger partial charge >= 0.3 is 12.2 Å². The average Bonchev–Trinajstić information content (AvgIpc) is 3.81. The Bertz CT molecular complexity index is 1290. The van der Waals surface area contributed by atoms with Crippen LogP contribution in [0.5, 0.6) is 0 Å². The van der Waals surface area contributed by atoms with Crippen LogP contribution in [0, 0.1) is 12.8 Å². The molecular weight excluding hydrogens is 691 g/mol. The van der Waals surface area contributed by atoms with E-state index in [1.807, 2.05) is 28.6 Å². The van der Waals surface area contributed by atoms with Gasteiger partial charge in [0, 0.05) is 19.5 Å². The zero-order valence-electron chi connectivity index (χ0n) is 31.2. The van der Waals surface area contributed by atoms with Crippen LogP contribution >= 0.6 is 11.3 Å². The summed E-state index contributed by atoms with van der Waals surface area (Å²) in [5.74, 6) is 0.132. The van der Waals surface area contributed by atoms with E-state index >= 15 is 0 Å². The highest BCUT2D eigenvalue weighted by atomic mass is 32.2. The van der Waals surface area contributed by atoms with Crippen LogP contribution < -0.4 is 9.88 Å². The van der Waals surface area contributed by atoms with Crippen LogP contribution in [0.3, 0.4) is 0 Å². The molecule has 0 aliphatic carbocycles. The fourth-order valence-electron chi connectivity index (χ4n) is 5.67. The number of ether oxygens (including phenoxy) is 3. The molecule has 1 aromatic carbocycles. The number of carbonyl (C=O) groups is 2. The van der Waals surface area contributed by atoms with Gasteiger partial charge in [-0.25, -0.2) is 18.0 Å². The minimum absolute atomic E-state index is 0.132. The molecule has 51 heavy (non-hydrogen) atoms. The van der Waals surface area contributed by atoms with Crippen molar-refractivity contribution >= 4 is 33.6 Å². The molecule has 1 aliphatic rings. The van der Waals surface area contributed by atoms with Crippen LogP contribution in [-0.4, -0.2) is 76.1 Å². The molecule has 3 rings (SSSR count). The summed E-state index contributed by atoms with van der Waals surface area (Å²) < 4.78 is 49.7. The van der Waals surface area contributed by atoms with Gasteiger partial charge in [0.1, 0.15) is 16.7 Å². The van der Waals surface area contributed by atoms with Crippen molar-refractivity contribution in [3.8, 4) is 0 Å². The predicted octanol–water partition coefficient (Wildman–Crippen LogP) is 8.01. The lowest BCUT2D eigenvalue weighted by atomic mass is 10.0. The first kappa shape index (κ1) is 44.4. The Kier molecular flexibility index (Phi) is 23.5. The van der Waals surface area contributed by atoms with E-state index in [0.717, 1.165) is 24.9 Å². The largest absolute Gasteiger partial charge is 0.744 e. The van der Waals surface area contributed by atoms with E-state index in [2.05, 4.69) is 12.2 Å². The van der Waals surface area contributed by atoms with Crippen molar-refractivity contribution in [1.29, 1.82) is 0 Å². The van der Waals surface area contributed by atoms with Crippen LogP contribution in [0.25, 0.3) is 0 Å². The smallest absolute Gasteiger partial charge is 0.409 e. The Morgan fingerprint density at radius 2 is 1.51 bits per heavy atom. The molecule has 13 heteroatoms. The van der Waals surface area contributed by atoms with E-state index in [4.69, 9.17) is 14.2 Å². The van der Waals surface area contributed by atoms with Crippen molar-refractivity contribution in [2.75, 3.05) is 40.0 Å². The first-order valence-electron chi connectivity index (χ1n) is 18.9. The summed E-state index contributed by atoms with van der Waals surface area (Å²) in [6.07, 6.45) is 21.8. The monoisotopic (exact) mass is 753 g/mol. The van der Waals surface area contributed by atoms with Gasteiger partial charge in [-0.05, 0) is 31.9 Å². The standard InChI is InChI=1S/C31H55N3O5S.C7H8O3S/c1-3-4-5-6-7-8-9-10-11-12-13-14-15-16-17-18-32-30(35)38-25-28-23-29(37-24-28)26-39-31(36)33(2)19-20-34-21-22-40-27-34;1-6-2-4-7(5-3-6)11(8,9)10/h21-22,27-29H,3-20,23-26H2,1-2H3;2-5H,1H3,(H,8,9,10). The maximum Gasteiger partial charge on any atom is 0.409 e. The molecule has 2 heterocycles. The SMILES string of the molecule is CCCCCCCCCCCCCCCCCNC(=O)OCC1COC(COC(=O)N(C)CC[n+]2ccsc2)C1.Cc1ccc(S(=O)(=O)[O-])cc1. The van der Waals surface area contributed by atoms with E-state index in [1.165, 1.54) is 95.6 Å². The summed E-state index contributed by atoms with van der Waals surface area (Å²) in [4.78, 5) is 25.6. The fourth-order valence-corrected chi connectivity index (χ4v) is 6.77. The zero-order valence-corrected chi connectivity index (χ0v) is 32.9. The van der Waals surface area contributed by atoms with Gasteiger partial charge in [0.25, 0.3) is 0 Å². The van der Waals surface area contributed by atoms with Gasteiger partial charge in [0.2, 0.25) is 5.51 Å². The van der Waals surface area contributed by atoms with Gasteiger partial charge in [-0.1, -0.05) is 126 Å². The molecule has 0 bridgehead atoms. The van der Waals surface area contributed by atoms with Gasteiger partial charge in [0.15, 0.2) is 12.7 Å². The number of nitrogens with one attached hydrogen (secondary N) is 1. The summed E-state index contributed by atoms with van der Waals surface area (Å²) in [7, 11) is -2.53. The molecular formula is C38H63N3O8S2. The van der Waals surface area contributed by atoms with Crippen molar-refractivity contribution in [3.05, 3.63) is 46.9 Å². The molecule has 0 saturated carbocycles. The maximum absolute atomic E-state index is 12.2. The van der Waals surface area contributed by atoms with Crippen molar-refractivity contribution in [2.24, 2.45) is 5.92 Å². The lowest BCUT2D eigenvalue weighted by molar-refractivity contribution is -0.691. The van der Waals surface area contributed by atoms with Crippen LogP contribution in [0.1, 0.15) is 115 Å². The summed E-state index contributed by atoms with van der Waals surface area (Å²) >= 11 is 1.62. The van der Waals surface area contributed by atoms with Crippen molar-refractivity contribution < 1.29 is 41.3 Å². The summed E-state index contributed by atoms with van der Waals surface area (Å²) in [6.45, 7) is 7.13. The van der Waals surface area contributed by atoms with Crippen molar-refractivity contribution in [2.45, 2.75) is 134 Å². The molecule has 290 valence electrons. The number of amides is 2. The summed E-state index contributed by atoms with van der Waals surface area (Å²) in [5, 5.41) is 4.86. The van der Waals surface area contributed by atoms with Crippen molar-refractivity contribution in [1.82, 2.24) is 10.2 Å². The second-order valence-electron chi connectivity index (χ2n) is 13.6. The molecule has 0 spiro atoms. The van der Waals surface area contributed by atoms with E-state index in [9.17, 15) is 22.6 Å². The molecule has 1 fully saturated rings. The van der Waals surface area contributed by atoms with Crippen molar-refractivity contribution in [3.63, 3.8) is 0 Å². The first-order chi connectivity index (χ1) is 24.6. The highest BCUT2D eigenvalue weighted by molar-refractivity contribution is 7.85. The number of nitrogens with zero attached hydrogens (tertiary/aromatic N) is 2. The number of benzene rings is 1. The normalized spacial score (nSPS) is 15.5. The maximum atomic E-state index is 12.2. The molecule has 1 N–H and O–H groups in total. The van der Waals surface area contributed by atoms with Gasteiger partial charge in [0.05, 0.1) is 36.1 Å².